The Kier molecular flexibility index (Phi) is 7.99. The lowest BCUT2D eigenvalue weighted by atomic mass is 9.91. The lowest BCUT2D eigenvalue weighted by molar-refractivity contribution is 0.102. The number of phenols is 1. The summed E-state index contributed by atoms with van der Waals surface area (Å²) in [7, 11) is 1.66. The molecule has 0 aliphatic heterocycles. The molecule has 0 aliphatic rings. The summed E-state index contributed by atoms with van der Waals surface area (Å²) in [6.07, 6.45) is 0.703. The molecule has 0 saturated carbocycles. The van der Waals surface area contributed by atoms with Gasteiger partial charge in [0, 0.05) is 18.2 Å². The first kappa shape index (κ1) is 24.2. The smallest absolute Gasteiger partial charge is 0.259 e. The molecule has 3 aromatic rings. The number of hydrogen-bond acceptors (Lipinski definition) is 4. The van der Waals surface area contributed by atoms with Crippen molar-refractivity contribution in [3.63, 3.8) is 0 Å². The van der Waals surface area contributed by atoms with Crippen LogP contribution in [0.4, 0.5) is 5.69 Å². The van der Waals surface area contributed by atoms with Crippen LogP contribution in [0.2, 0.25) is 0 Å². The second-order valence-electron chi connectivity index (χ2n) is 8.71. The van der Waals surface area contributed by atoms with E-state index in [1.807, 2.05) is 56.3 Å². The number of phenolic OH excluding ortho intramolecular Hbond substituents is 1. The van der Waals surface area contributed by atoms with Crippen molar-refractivity contribution in [3.05, 3.63) is 82.9 Å². The Morgan fingerprint density at radius 1 is 0.970 bits per heavy atom. The van der Waals surface area contributed by atoms with Crippen molar-refractivity contribution in [2.45, 2.75) is 46.0 Å². The summed E-state index contributed by atoms with van der Waals surface area (Å²) in [5, 5.41) is 13.6. The van der Waals surface area contributed by atoms with Crippen molar-refractivity contribution in [1.29, 1.82) is 0 Å². The molecule has 1 amide bonds. The highest BCUT2D eigenvalue weighted by Crippen LogP contribution is 2.33. The van der Waals surface area contributed by atoms with E-state index in [1.165, 1.54) is 0 Å². The van der Waals surface area contributed by atoms with Gasteiger partial charge in [0.2, 0.25) is 0 Å². The fourth-order valence-corrected chi connectivity index (χ4v) is 3.68. The number of carbonyl (C=O) groups is 1. The summed E-state index contributed by atoms with van der Waals surface area (Å²) in [5.41, 5.74) is 3.77. The maximum atomic E-state index is 13.0. The van der Waals surface area contributed by atoms with E-state index in [1.54, 1.807) is 25.3 Å². The molecule has 174 valence electrons. The monoisotopic (exact) mass is 447 g/mol. The normalized spacial score (nSPS) is 11.0. The second kappa shape index (κ2) is 10.9. The Morgan fingerprint density at radius 2 is 1.73 bits per heavy atom. The average Bonchev–Trinajstić information content (AvgIpc) is 2.79. The number of benzene rings is 3. The van der Waals surface area contributed by atoms with Crippen molar-refractivity contribution in [3.8, 4) is 17.2 Å². The first-order valence-corrected chi connectivity index (χ1v) is 11.3. The zero-order chi connectivity index (χ0) is 24.0. The number of rotatable bonds is 9. The number of carbonyl (C=O) groups excluding carboxylic acids is 1. The molecule has 3 rings (SSSR count). The molecule has 0 fully saturated rings. The van der Waals surface area contributed by atoms with Crippen LogP contribution in [-0.4, -0.2) is 24.7 Å². The zero-order valence-corrected chi connectivity index (χ0v) is 20.0. The van der Waals surface area contributed by atoms with Crippen molar-refractivity contribution in [1.82, 2.24) is 0 Å². The third kappa shape index (κ3) is 6.07. The molecule has 0 radical (unpaired) electrons. The summed E-state index contributed by atoms with van der Waals surface area (Å²) in [6, 6.07) is 18.9. The molecule has 5 heteroatoms. The van der Waals surface area contributed by atoms with Crippen LogP contribution in [0, 0.1) is 0 Å². The van der Waals surface area contributed by atoms with Crippen LogP contribution >= 0.6 is 0 Å². The van der Waals surface area contributed by atoms with E-state index in [4.69, 9.17) is 9.47 Å². The molecule has 0 saturated heterocycles. The number of hydrogen-bond donors (Lipinski definition) is 2. The molecule has 5 nitrogen and oxygen atoms in total. The summed E-state index contributed by atoms with van der Waals surface area (Å²) < 4.78 is 11.3. The lowest BCUT2D eigenvalue weighted by Crippen LogP contribution is -2.14. The minimum absolute atomic E-state index is 0.0381. The third-order valence-electron chi connectivity index (χ3n) is 5.62. The number of amides is 1. The largest absolute Gasteiger partial charge is 0.507 e. The van der Waals surface area contributed by atoms with E-state index in [9.17, 15) is 9.90 Å². The van der Waals surface area contributed by atoms with E-state index in [0.29, 0.717) is 24.5 Å². The van der Waals surface area contributed by atoms with Gasteiger partial charge in [0.1, 0.15) is 17.2 Å². The van der Waals surface area contributed by atoms with Crippen LogP contribution in [0.1, 0.15) is 66.6 Å². The molecule has 33 heavy (non-hydrogen) atoms. The fourth-order valence-electron chi connectivity index (χ4n) is 3.68. The Bertz CT molecular complexity index is 1100. The Hall–Kier alpha value is -3.47. The van der Waals surface area contributed by atoms with Crippen LogP contribution in [0.15, 0.2) is 60.7 Å². The van der Waals surface area contributed by atoms with Gasteiger partial charge in [-0.1, -0.05) is 58.0 Å². The molecule has 0 bridgehead atoms. The maximum Gasteiger partial charge on any atom is 0.259 e. The fraction of sp³-hybridized carbons (Fsp3) is 0.321. The Morgan fingerprint density at radius 3 is 2.42 bits per heavy atom. The second-order valence-corrected chi connectivity index (χ2v) is 8.71. The van der Waals surface area contributed by atoms with Gasteiger partial charge in [-0.25, -0.2) is 0 Å². The molecule has 0 unspecified atom stereocenters. The number of nitrogens with one attached hydrogen (secondary N) is 1. The standard InChI is InChI=1S/C28H33NO4/c1-18(2)21-15-24(19(3)4)27(30)25(16-21)28(31)29-22-10-8-11-23(17-22)33-14-13-20-9-6-7-12-26(20)32-5/h6-12,15-19,30H,13-14H2,1-5H3,(H,29,31). The van der Waals surface area contributed by atoms with E-state index in [-0.39, 0.29) is 29.1 Å². The van der Waals surface area contributed by atoms with E-state index in [0.717, 1.165) is 22.4 Å². The molecule has 0 spiro atoms. The van der Waals surface area contributed by atoms with E-state index in [2.05, 4.69) is 19.2 Å². The highest BCUT2D eigenvalue weighted by Gasteiger charge is 2.19. The highest BCUT2D eigenvalue weighted by atomic mass is 16.5. The number of methoxy groups -OCH3 is 1. The van der Waals surface area contributed by atoms with Gasteiger partial charge < -0.3 is 19.9 Å². The first-order valence-electron chi connectivity index (χ1n) is 11.3. The number of aromatic hydroxyl groups is 1. The number of ether oxygens (including phenoxy) is 2. The van der Waals surface area contributed by atoms with Gasteiger partial charge in [0.25, 0.3) is 5.91 Å². The molecule has 2 N–H and O–H groups in total. The topological polar surface area (TPSA) is 67.8 Å². The SMILES string of the molecule is COc1ccccc1CCOc1cccc(NC(=O)c2cc(C(C)C)cc(C(C)C)c2O)c1. The van der Waals surface area contributed by atoms with Gasteiger partial charge in [-0.2, -0.15) is 0 Å². The summed E-state index contributed by atoms with van der Waals surface area (Å²) in [5.74, 6) is 1.54. The molecule has 0 atom stereocenters. The zero-order valence-electron chi connectivity index (χ0n) is 20.0. The summed E-state index contributed by atoms with van der Waals surface area (Å²) in [4.78, 5) is 13.0. The molecule has 0 heterocycles. The van der Waals surface area contributed by atoms with Crippen LogP contribution in [0.5, 0.6) is 17.2 Å². The molecule has 3 aromatic carbocycles. The van der Waals surface area contributed by atoms with Crippen LogP contribution in [-0.2, 0) is 6.42 Å². The predicted molar refractivity (Wildman–Crippen MR) is 133 cm³/mol. The van der Waals surface area contributed by atoms with Crippen LogP contribution in [0.3, 0.4) is 0 Å². The molecule has 0 aliphatic carbocycles. The minimum Gasteiger partial charge on any atom is -0.507 e. The van der Waals surface area contributed by atoms with E-state index >= 15 is 0 Å². The Labute approximate surface area is 196 Å². The molecule has 0 aromatic heterocycles. The highest BCUT2D eigenvalue weighted by molar-refractivity contribution is 6.06. The van der Waals surface area contributed by atoms with Crippen molar-refractivity contribution in [2.24, 2.45) is 0 Å². The van der Waals surface area contributed by atoms with Gasteiger partial charge in [0.15, 0.2) is 0 Å². The summed E-state index contributed by atoms with van der Waals surface area (Å²) in [6.45, 7) is 8.64. The van der Waals surface area contributed by atoms with E-state index < -0.39 is 0 Å². The third-order valence-corrected chi connectivity index (χ3v) is 5.62. The quantitative estimate of drug-likeness (QED) is 0.392. The maximum absolute atomic E-state index is 13.0. The van der Waals surface area contributed by atoms with Gasteiger partial charge in [-0.05, 0) is 52.8 Å². The lowest BCUT2D eigenvalue weighted by Gasteiger charge is -2.17. The number of para-hydroxylation sites is 1. The van der Waals surface area contributed by atoms with Gasteiger partial charge in [0.05, 0.1) is 19.3 Å². The van der Waals surface area contributed by atoms with Crippen molar-refractivity contribution in [2.75, 3.05) is 19.0 Å². The van der Waals surface area contributed by atoms with Crippen molar-refractivity contribution < 1.29 is 19.4 Å². The van der Waals surface area contributed by atoms with Crippen LogP contribution < -0.4 is 14.8 Å². The molecular formula is C28H33NO4. The summed E-state index contributed by atoms with van der Waals surface area (Å²) >= 11 is 0. The average molecular weight is 448 g/mol. The minimum atomic E-state index is -0.344. The predicted octanol–water partition coefficient (Wildman–Crippen LogP) is 6.52. The van der Waals surface area contributed by atoms with Gasteiger partial charge in [-0.3, -0.25) is 4.79 Å². The van der Waals surface area contributed by atoms with Crippen LogP contribution in [0.25, 0.3) is 0 Å². The number of anilines is 1. The first-order chi connectivity index (χ1) is 15.8. The van der Waals surface area contributed by atoms with Gasteiger partial charge in [-0.15, -0.1) is 0 Å². The molecular weight excluding hydrogens is 414 g/mol. The Balaban J connectivity index is 1.72. The van der Waals surface area contributed by atoms with Gasteiger partial charge >= 0.3 is 0 Å². The van der Waals surface area contributed by atoms with Crippen molar-refractivity contribution >= 4 is 11.6 Å².